The molecule has 2 aliphatic rings. The van der Waals surface area contributed by atoms with E-state index in [-0.39, 0.29) is 11.9 Å². The molecular weight excluding hydrogens is 324 g/mol. The van der Waals surface area contributed by atoms with E-state index in [0.717, 1.165) is 37.9 Å². The summed E-state index contributed by atoms with van der Waals surface area (Å²) >= 11 is 1.56. The van der Waals surface area contributed by atoms with Crippen molar-refractivity contribution in [2.24, 2.45) is 0 Å². The van der Waals surface area contributed by atoms with Gasteiger partial charge in [0.25, 0.3) is 5.91 Å². The minimum absolute atomic E-state index is 0.0115. The molecule has 5 nitrogen and oxygen atoms in total. The molecule has 132 valence electrons. The Balaban J connectivity index is 1.70. The van der Waals surface area contributed by atoms with E-state index < -0.39 is 0 Å². The third kappa shape index (κ3) is 3.98. The van der Waals surface area contributed by atoms with E-state index in [4.69, 9.17) is 4.74 Å². The number of nitrogens with one attached hydrogen (secondary N) is 2. The largest absolute Gasteiger partial charge is 0.462 e. The third-order valence-electron chi connectivity index (χ3n) is 4.88. The number of amides is 1. The number of ether oxygens (including phenoxy) is 1. The SMILES string of the molecule is CCOC(=O)c1c(NC(=O)C[NH+]2CCCCCC2)sc2c1CCC2. The summed E-state index contributed by atoms with van der Waals surface area (Å²) in [5.74, 6) is -0.285. The zero-order chi connectivity index (χ0) is 16.9. The molecule has 0 atom stereocenters. The fourth-order valence-corrected chi connectivity index (χ4v) is 5.01. The van der Waals surface area contributed by atoms with Crippen LogP contribution in [0.1, 0.15) is 59.8 Å². The van der Waals surface area contributed by atoms with Crippen LogP contribution in [0, 0.1) is 0 Å². The Morgan fingerprint density at radius 3 is 2.58 bits per heavy atom. The number of esters is 1. The Labute approximate surface area is 147 Å². The van der Waals surface area contributed by atoms with Gasteiger partial charge in [-0.2, -0.15) is 0 Å². The van der Waals surface area contributed by atoms with Crippen LogP contribution in [0.25, 0.3) is 0 Å². The molecule has 3 rings (SSSR count). The second-order valence-electron chi connectivity index (χ2n) is 6.67. The van der Waals surface area contributed by atoms with Crippen molar-refractivity contribution >= 4 is 28.2 Å². The molecule has 1 aliphatic carbocycles. The van der Waals surface area contributed by atoms with Crippen LogP contribution in [0.3, 0.4) is 0 Å². The Morgan fingerprint density at radius 2 is 1.88 bits per heavy atom. The highest BCUT2D eigenvalue weighted by molar-refractivity contribution is 7.17. The first-order valence-electron chi connectivity index (χ1n) is 9.14. The Hall–Kier alpha value is -1.40. The Bertz CT molecular complexity index is 604. The summed E-state index contributed by atoms with van der Waals surface area (Å²) in [7, 11) is 0. The molecule has 1 fully saturated rings. The van der Waals surface area contributed by atoms with Crippen molar-refractivity contribution in [3.05, 3.63) is 16.0 Å². The maximum Gasteiger partial charge on any atom is 0.341 e. The highest BCUT2D eigenvalue weighted by Crippen LogP contribution is 2.39. The van der Waals surface area contributed by atoms with Gasteiger partial charge in [0.2, 0.25) is 0 Å². The quantitative estimate of drug-likeness (QED) is 0.796. The van der Waals surface area contributed by atoms with E-state index >= 15 is 0 Å². The van der Waals surface area contributed by atoms with Gasteiger partial charge in [-0.25, -0.2) is 4.79 Å². The van der Waals surface area contributed by atoms with E-state index in [9.17, 15) is 9.59 Å². The van der Waals surface area contributed by atoms with Crippen molar-refractivity contribution in [2.45, 2.75) is 51.9 Å². The van der Waals surface area contributed by atoms with Gasteiger partial charge in [0.15, 0.2) is 6.54 Å². The van der Waals surface area contributed by atoms with Crippen LogP contribution in [0.15, 0.2) is 0 Å². The van der Waals surface area contributed by atoms with Gasteiger partial charge in [-0.15, -0.1) is 11.3 Å². The molecule has 2 N–H and O–H groups in total. The summed E-state index contributed by atoms with van der Waals surface area (Å²) in [4.78, 5) is 27.4. The molecule has 1 aromatic heterocycles. The van der Waals surface area contributed by atoms with E-state index in [1.165, 1.54) is 35.5 Å². The monoisotopic (exact) mass is 351 g/mol. The number of carbonyl (C=O) groups excluding carboxylic acids is 2. The van der Waals surface area contributed by atoms with Crippen LogP contribution >= 0.6 is 11.3 Å². The number of aryl methyl sites for hydroxylation is 1. The summed E-state index contributed by atoms with van der Waals surface area (Å²) < 4.78 is 5.21. The van der Waals surface area contributed by atoms with Gasteiger partial charge in [0, 0.05) is 4.88 Å². The van der Waals surface area contributed by atoms with Gasteiger partial charge in [-0.05, 0) is 57.4 Å². The van der Waals surface area contributed by atoms with Crippen LogP contribution in [0.2, 0.25) is 0 Å². The minimum atomic E-state index is -0.297. The Kier molecular flexibility index (Phi) is 5.89. The highest BCUT2D eigenvalue weighted by atomic mass is 32.1. The van der Waals surface area contributed by atoms with Crippen LogP contribution in [0.5, 0.6) is 0 Å². The molecule has 0 bridgehead atoms. The van der Waals surface area contributed by atoms with Crippen molar-refractivity contribution < 1.29 is 19.2 Å². The molecule has 24 heavy (non-hydrogen) atoms. The fourth-order valence-electron chi connectivity index (χ4n) is 3.71. The smallest absolute Gasteiger partial charge is 0.341 e. The third-order valence-corrected chi connectivity index (χ3v) is 6.08. The van der Waals surface area contributed by atoms with Crippen LogP contribution in [-0.4, -0.2) is 38.1 Å². The molecule has 6 heteroatoms. The van der Waals surface area contributed by atoms with E-state index in [0.29, 0.717) is 23.7 Å². The molecule has 2 heterocycles. The maximum atomic E-state index is 12.5. The van der Waals surface area contributed by atoms with Gasteiger partial charge in [-0.1, -0.05) is 0 Å². The highest BCUT2D eigenvalue weighted by Gasteiger charge is 2.29. The van der Waals surface area contributed by atoms with E-state index in [1.54, 1.807) is 11.3 Å². The molecular formula is C18H27N2O3S+. The first kappa shape index (κ1) is 17.4. The van der Waals surface area contributed by atoms with Crippen molar-refractivity contribution in [3.63, 3.8) is 0 Å². The number of hydrogen-bond acceptors (Lipinski definition) is 4. The first-order valence-corrected chi connectivity index (χ1v) is 9.95. The van der Waals surface area contributed by atoms with Gasteiger partial charge in [-0.3, -0.25) is 4.79 Å². The zero-order valence-electron chi connectivity index (χ0n) is 14.4. The summed E-state index contributed by atoms with van der Waals surface area (Å²) in [5.41, 5.74) is 1.70. The van der Waals surface area contributed by atoms with Crippen LogP contribution < -0.4 is 10.2 Å². The van der Waals surface area contributed by atoms with E-state index in [1.807, 2.05) is 6.92 Å². The summed E-state index contributed by atoms with van der Waals surface area (Å²) in [5, 5.41) is 3.70. The van der Waals surface area contributed by atoms with Crippen molar-refractivity contribution in [2.75, 3.05) is 31.6 Å². The second kappa shape index (κ2) is 8.12. The number of thiophene rings is 1. The summed E-state index contributed by atoms with van der Waals surface area (Å²) in [6.07, 6.45) is 7.94. The van der Waals surface area contributed by atoms with Gasteiger partial charge in [0.05, 0.1) is 25.3 Å². The molecule has 1 aromatic rings. The van der Waals surface area contributed by atoms with Gasteiger partial charge in [0.1, 0.15) is 5.00 Å². The average molecular weight is 351 g/mol. The number of quaternary nitrogens is 1. The average Bonchev–Trinajstić information content (AvgIpc) is 3.00. The summed E-state index contributed by atoms with van der Waals surface area (Å²) in [6.45, 7) is 4.79. The van der Waals surface area contributed by atoms with Crippen molar-refractivity contribution in [3.8, 4) is 0 Å². The molecule has 0 radical (unpaired) electrons. The van der Waals surface area contributed by atoms with Crippen molar-refractivity contribution in [1.29, 1.82) is 0 Å². The predicted octanol–water partition coefficient (Wildman–Crippen LogP) is 1.81. The standard InChI is InChI=1S/C18H26N2O3S/c1-2-23-18(22)16-13-8-7-9-14(13)24-17(16)19-15(21)12-20-10-5-3-4-6-11-20/h2-12H2,1H3,(H,19,21)/p+1. The normalized spacial score (nSPS) is 18.0. The number of fused-ring (bicyclic) bond motifs is 1. The molecule has 1 aliphatic heterocycles. The zero-order valence-corrected chi connectivity index (χ0v) is 15.2. The molecule has 1 saturated heterocycles. The van der Waals surface area contributed by atoms with Gasteiger partial charge >= 0.3 is 5.97 Å². The molecule has 0 unspecified atom stereocenters. The van der Waals surface area contributed by atoms with Gasteiger partial charge < -0.3 is 15.0 Å². The number of likely N-dealkylation sites (tertiary alicyclic amines) is 1. The molecule has 0 spiro atoms. The van der Waals surface area contributed by atoms with Crippen molar-refractivity contribution in [1.82, 2.24) is 0 Å². The maximum absolute atomic E-state index is 12.5. The molecule has 0 aromatic carbocycles. The van der Waals surface area contributed by atoms with Crippen LogP contribution in [0.4, 0.5) is 5.00 Å². The lowest BCUT2D eigenvalue weighted by Gasteiger charge is -2.16. The summed E-state index contributed by atoms with van der Waals surface area (Å²) in [6, 6.07) is 0. The Morgan fingerprint density at radius 1 is 1.12 bits per heavy atom. The number of hydrogen-bond donors (Lipinski definition) is 2. The number of rotatable bonds is 5. The predicted molar refractivity (Wildman–Crippen MR) is 95.0 cm³/mol. The lowest BCUT2D eigenvalue weighted by atomic mass is 10.1. The topological polar surface area (TPSA) is 59.8 Å². The second-order valence-corrected chi connectivity index (χ2v) is 7.78. The number of carbonyl (C=O) groups is 2. The van der Waals surface area contributed by atoms with Crippen LogP contribution in [-0.2, 0) is 22.4 Å². The lowest BCUT2D eigenvalue weighted by Crippen LogP contribution is -3.12. The fraction of sp³-hybridized carbons (Fsp3) is 0.667. The lowest BCUT2D eigenvalue weighted by molar-refractivity contribution is -0.890. The number of anilines is 1. The van der Waals surface area contributed by atoms with E-state index in [2.05, 4.69) is 5.32 Å². The molecule has 1 amide bonds. The first-order chi connectivity index (χ1) is 11.7. The molecule has 0 saturated carbocycles. The minimum Gasteiger partial charge on any atom is -0.462 e.